The van der Waals surface area contributed by atoms with Gasteiger partial charge in [0.15, 0.2) is 0 Å². The van der Waals surface area contributed by atoms with E-state index >= 15 is 0 Å². The number of hydrogen-bond donors (Lipinski definition) is 3. The molecule has 19 heavy (non-hydrogen) atoms. The van der Waals surface area contributed by atoms with Crippen LogP contribution in [0.3, 0.4) is 0 Å². The molecule has 1 rings (SSSR count). The fraction of sp³-hybridized carbons (Fsp3) is 0.364. The lowest BCUT2D eigenvalue weighted by Gasteiger charge is -2.12. The fourth-order valence-electron chi connectivity index (χ4n) is 1.59. The van der Waals surface area contributed by atoms with Crippen molar-refractivity contribution in [3.8, 4) is 0 Å². The van der Waals surface area contributed by atoms with E-state index < -0.39 is 27.9 Å². The summed E-state index contributed by atoms with van der Waals surface area (Å²) in [5.74, 6) is -1.59. The third-order valence-electron chi connectivity index (χ3n) is 2.55. The maximum atomic E-state index is 10.7. The first-order valence-electron chi connectivity index (χ1n) is 5.40. The first-order valence-corrected chi connectivity index (χ1v) is 7.38. The number of aliphatic carboxylic acids is 1. The molecular formula is C11H14ClNO5S. The molecule has 0 aliphatic carbocycles. The Morgan fingerprint density at radius 1 is 1.37 bits per heavy atom. The summed E-state index contributed by atoms with van der Waals surface area (Å²) in [6.07, 6.45) is 0.106. The average molecular weight is 308 g/mol. The second-order valence-corrected chi connectivity index (χ2v) is 6.11. The summed E-state index contributed by atoms with van der Waals surface area (Å²) >= 11 is 5.81. The van der Waals surface area contributed by atoms with E-state index in [0.29, 0.717) is 16.1 Å². The zero-order valence-electron chi connectivity index (χ0n) is 9.91. The first kappa shape index (κ1) is 15.9. The molecule has 0 saturated carbocycles. The Kier molecular flexibility index (Phi) is 5.30. The molecule has 1 aromatic carbocycles. The predicted octanol–water partition coefficient (Wildman–Crippen LogP) is 0.725. The molecule has 1 aromatic rings. The summed E-state index contributed by atoms with van der Waals surface area (Å²) in [5, 5.41) is 9.17. The van der Waals surface area contributed by atoms with E-state index in [-0.39, 0.29) is 12.8 Å². The van der Waals surface area contributed by atoms with Crippen LogP contribution in [-0.4, -0.2) is 35.8 Å². The van der Waals surface area contributed by atoms with Crippen molar-refractivity contribution in [2.45, 2.75) is 18.9 Å². The van der Waals surface area contributed by atoms with Gasteiger partial charge in [0.05, 0.1) is 5.75 Å². The second-order valence-electron chi connectivity index (χ2n) is 4.10. The molecule has 106 valence electrons. The van der Waals surface area contributed by atoms with Gasteiger partial charge in [0.25, 0.3) is 10.1 Å². The van der Waals surface area contributed by atoms with Crippen LogP contribution < -0.4 is 5.73 Å². The molecule has 0 fully saturated rings. The summed E-state index contributed by atoms with van der Waals surface area (Å²) in [6.45, 7) is 0. The highest BCUT2D eigenvalue weighted by Gasteiger charge is 2.16. The van der Waals surface area contributed by atoms with Crippen LogP contribution in [0.1, 0.15) is 11.1 Å². The van der Waals surface area contributed by atoms with Crippen LogP contribution in [-0.2, 0) is 27.8 Å². The van der Waals surface area contributed by atoms with Crippen molar-refractivity contribution in [2.75, 3.05) is 5.75 Å². The predicted molar refractivity (Wildman–Crippen MR) is 70.9 cm³/mol. The zero-order chi connectivity index (χ0) is 14.6. The Morgan fingerprint density at radius 3 is 2.53 bits per heavy atom. The number of halogens is 1. The van der Waals surface area contributed by atoms with Crippen LogP contribution in [0.2, 0.25) is 5.02 Å². The Balaban J connectivity index is 2.94. The van der Waals surface area contributed by atoms with Crippen molar-refractivity contribution in [1.29, 1.82) is 0 Å². The Labute approximate surface area is 115 Å². The number of benzene rings is 1. The topological polar surface area (TPSA) is 118 Å². The molecule has 0 aliphatic rings. The maximum Gasteiger partial charge on any atom is 0.320 e. The third kappa shape index (κ3) is 5.56. The van der Waals surface area contributed by atoms with E-state index in [1.165, 1.54) is 0 Å². The van der Waals surface area contributed by atoms with Crippen LogP contribution in [0, 0.1) is 0 Å². The lowest BCUT2D eigenvalue weighted by Crippen LogP contribution is -2.32. The maximum absolute atomic E-state index is 10.7. The van der Waals surface area contributed by atoms with Gasteiger partial charge in [0.2, 0.25) is 0 Å². The molecule has 0 saturated heterocycles. The van der Waals surface area contributed by atoms with Crippen LogP contribution >= 0.6 is 11.6 Å². The summed E-state index contributed by atoms with van der Waals surface area (Å²) in [4.78, 5) is 10.7. The molecule has 6 nitrogen and oxygen atoms in total. The highest BCUT2D eigenvalue weighted by atomic mass is 35.5. The highest BCUT2D eigenvalue weighted by molar-refractivity contribution is 7.85. The normalized spacial score (nSPS) is 13.2. The van der Waals surface area contributed by atoms with Crippen molar-refractivity contribution in [3.05, 3.63) is 34.3 Å². The number of nitrogens with two attached hydrogens (primary N) is 1. The smallest absolute Gasteiger partial charge is 0.320 e. The van der Waals surface area contributed by atoms with E-state index in [4.69, 9.17) is 27.0 Å². The van der Waals surface area contributed by atoms with Gasteiger partial charge in [-0.1, -0.05) is 17.7 Å². The highest BCUT2D eigenvalue weighted by Crippen LogP contribution is 2.18. The van der Waals surface area contributed by atoms with Gasteiger partial charge in [-0.3, -0.25) is 9.35 Å². The Bertz CT molecular complexity index is 572. The first-order chi connectivity index (χ1) is 8.69. The van der Waals surface area contributed by atoms with E-state index in [2.05, 4.69) is 0 Å². The number of carboxylic acid groups (broad SMARTS) is 1. The van der Waals surface area contributed by atoms with Crippen LogP contribution in [0.15, 0.2) is 18.2 Å². The molecule has 0 bridgehead atoms. The number of hydrogen-bond acceptors (Lipinski definition) is 4. The van der Waals surface area contributed by atoms with Gasteiger partial charge in [0, 0.05) is 5.02 Å². The van der Waals surface area contributed by atoms with E-state index in [1.807, 2.05) is 0 Å². The number of carbonyl (C=O) groups is 1. The van der Waals surface area contributed by atoms with Gasteiger partial charge in [-0.2, -0.15) is 8.42 Å². The van der Waals surface area contributed by atoms with E-state index in [0.717, 1.165) is 0 Å². The van der Waals surface area contributed by atoms with Crippen molar-refractivity contribution in [2.24, 2.45) is 5.73 Å². The summed E-state index contributed by atoms with van der Waals surface area (Å²) in [6, 6.07) is 3.61. The van der Waals surface area contributed by atoms with Crippen LogP contribution in [0.5, 0.6) is 0 Å². The number of aryl methyl sites for hydroxylation is 1. The number of rotatable bonds is 6. The minimum absolute atomic E-state index is 0.0384. The summed E-state index contributed by atoms with van der Waals surface area (Å²) in [5.41, 5.74) is 6.60. The van der Waals surface area contributed by atoms with Crippen molar-refractivity contribution >= 4 is 27.7 Å². The van der Waals surface area contributed by atoms with Gasteiger partial charge in [-0.05, 0) is 36.1 Å². The van der Waals surface area contributed by atoms with Crippen molar-refractivity contribution in [1.82, 2.24) is 0 Å². The fourth-order valence-corrected chi connectivity index (χ4v) is 2.26. The van der Waals surface area contributed by atoms with Crippen molar-refractivity contribution in [3.63, 3.8) is 0 Å². The Morgan fingerprint density at radius 2 is 2.00 bits per heavy atom. The minimum atomic E-state index is -4.07. The average Bonchev–Trinajstić information content (AvgIpc) is 2.26. The van der Waals surface area contributed by atoms with Crippen LogP contribution in [0.4, 0.5) is 0 Å². The lowest BCUT2D eigenvalue weighted by atomic mass is 9.99. The molecule has 0 heterocycles. The lowest BCUT2D eigenvalue weighted by molar-refractivity contribution is -0.138. The van der Waals surface area contributed by atoms with Gasteiger partial charge in [-0.15, -0.1) is 0 Å². The molecule has 0 spiro atoms. The second kappa shape index (κ2) is 6.33. The number of carboxylic acids is 1. The monoisotopic (exact) mass is 307 g/mol. The van der Waals surface area contributed by atoms with Gasteiger partial charge >= 0.3 is 5.97 Å². The molecule has 0 aromatic heterocycles. The molecule has 8 heteroatoms. The molecule has 4 N–H and O–H groups in total. The molecule has 0 amide bonds. The van der Waals surface area contributed by atoms with E-state index in [1.54, 1.807) is 18.2 Å². The molecule has 0 aliphatic heterocycles. The van der Waals surface area contributed by atoms with Crippen LogP contribution in [0.25, 0.3) is 0 Å². The van der Waals surface area contributed by atoms with Gasteiger partial charge in [-0.25, -0.2) is 0 Å². The van der Waals surface area contributed by atoms with E-state index in [9.17, 15) is 13.2 Å². The quantitative estimate of drug-likeness (QED) is 0.667. The SMILES string of the molecule is N[C@@H](Cc1cc(Cl)ccc1CCS(=O)(=O)O)C(=O)O. The molecule has 1 atom stereocenters. The third-order valence-corrected chi connectivity index (χ3v) is 3.51. The molecule has 0 radical (unpaired) electrons. The summed E-state index contributed by atoms with van der Waals surface area (Å²) < 4.78 is 30.2. The largest absolute Gasteiger partial charge is 0.480 e. The van der Waals surface area contributed by atoms with Crippen molar-refractivity contribution < 1.29 is 22.9 Å². The van der Waals surface area contributed by atoms with Gasteiger partial charge < -0.3 is 10.8 Å². The summed E-state index contributed by atoms with van der Waals surface area (Å²) in [7, 11) is -4.07. The standard InChI is InChI=1S/C11H14ClNO5S/c12-9-2-1-7(3-4-19(16,17)18)8(5-9)6-10(13)11(14)15/h1-2,5,10H,3-4,6,13H2,(H,14,15)(H,16,17,18)/t10-/m0/s1. The Hall–Kier alpha value is -1.15. The molecular weight excluding hydrogens is 294 g/mol. The zero-order valence-corrected chi connectivity index (χ0v) is 11.5. The van der Waals surface area contributed by atoms with Gasteiger partial charge in [0.1, 0.15) is 6.04 Å². The molecule has 0 unspecified atom stereocenters. The minimum Gasteiger partial charge on any atom is -0.480 e.